The predicted octanol–water partition coefficient (Wildman–Crippen LogP) is 2.66. The Labute approximate surface area is 172 Å². The Kier molecular flexibility index (Phi) is 6.92. The van der Waals surface area contributed by atoms with Crippen molar-refractivity contribution in [2.75, 3.05) is 19.7 Å². The highest BCUT2D eigenvalue weighted by atomic mass is 32.2. The van der Waals surface area contributed by atoms with Crippen LogP contribution in [0.1, 0.15) is 35.1 Å². The average molecular weight is 417 g/mol. The van der Waals surface area contributed by atoms with Gasteiger partial charge >= 0.3 is 0 Å². The van der Waals surface area contributed by atoms with E-state index in [9.17, 15) is 13.2 Å². The van der Waals surface area contributed by atoms with Crippen LogP contribution in [0.3, 0.4) is 0 Å². The Morgan fingerprint density at radius 3 is 2.66 bits per heavy atom. The van der Waals surface area contributed by atoms with Crippen LogP contribution in [0.25, 0.3) is 0 Å². The number of amides is 1. The SMILES string of the molecule is Cc1ccc(C)c(S(=O)(=O)NCCC(=O)NCCOc2ccc3c(c2)CCC3)c1. The molecule has 0 saturated heterocycles. The van der Waals surface area contributed by atoms with Crippen LogP contribution >= 0.6 is 0 Å². The van der Waals surface area contributed by atoms with Crippen molar-refractivity contribution in [3.63, 3.8) is 0 Å². The molecule has 1 aliphatic carbocycles. The maximum absolute atomic E-state index is 12.4. The van der Waals surface area contributed by atoms with Crippen molar-refractivity contribution in [1.82, 2.24) is 10.0 Å². The topological polar surface area (TPSA) is 84.5 Å². The van der Waals surface area contributed by atoms with Gasteiger partial charge in [-0.05, 0) is 73.6 Å². The van der Waals surface area contributed by atoms with Crippen molar-refractivity contribution in [2.24, 2.45) is 0 Å². The van der Waals surface area contributed by atoms with Gasteiger partial charge in [-0.2, -0.15) is 0 Å². The molecule has 1 aliphatic rings. The summed E-state index contributed by atoms with van der Waals surface area (Å²) in [5.41, 5.74) is 4.30. The van der Waals surface area contributed by atoms with Gasteiger partial charge in [-0.15, -0.1) is 0 Å². The van der Waals surface area contributed by atoms with Gasteiger partial charge in [-0.3, -0.25) is 4.79 Å². The first-order valence-electron chi connectivity index (χ1n) is 9.93. The maximum atomic E-state index is 12.4. The third-order valence-electron chi connectivity index (χ3n) is 5.04. The number of fused-ring (bicyclic) bond motifs is 1. The minimum absolute atomic E-state index is 0.0488. The summed E-state index contributed by atoms with van der Waals surface area (Å²) in [5, 5.41) is 2.75. The molecule has 3 rings (SSSR count). The number of sulfonamides is 1. The van der Waals surface area contributed by atoms with Gasteiger partial charge in [0, 0.05) is 13.0 Å². The maximum Gasteiger partial charge on any atom is 0.240 e. The van der Waals surface area contributed by atoms with E-state index in [1.807, 2.05) is 19.1 Å². The van der Waals surface area contributed by atoms with Gasteiger partial charge in [0.1, 0.15) is 12.4 Å². The van der Waals surface area contributed by atoms with E-state index in [1.165, 1.54) is 17.5 Å². The van der Waals surface area contributed by atoms with Crippen molar-refractivity contribution in [3.8, 4) is 5.75 Å². The lowest BCUT2D eigenvalue weighted by Crippen LogP contribution is -2.33. The predicted molar refractivity (Wildman–Crippen MR) is 113 cm³/mol. The minimum atomic E-state index is -3.63. The third-order valence-corrected chi connectivity index (χ3v) is 6.64. The van der Waals surface area contributed by atoms with E-state index < -0.39 is 10.0 Å². The molecule has 0 fully saturated rings. The molecular formula is C22H28N2O4S. The molecule has 0 heterocycles. The molecule has 1 amide bonds. The van der Waals surface area contributed by atoms with E-state index in [0.29, 0.717) is 18.7 Å². The molecule has 2 aromatic rings. The number of ether oxygens (including phenoxy) is 1. The molecule has 29 heavy (non-hydrogen) atoms. The lowest BCUT2D eigenvalue weighted by molar-refractivity contribution is -0.121. The number of hydrogen-bond donors (Lipinski definition) is 2. The third kappa shape index (κ3) is 5.81. The fourth-order valence-electron chi connectivity index (χ4n) is 3.46. The summed E-state index contributed by atoms with van der Waals surface area (Å²) in [6, 6.07) is 11.4. The molecule has 0 aliphatic heterocycles. The quantitative estimate of drug-likeness (QED) is 0.616. The number of hydrogen-bond acceptors (Lipinski definition) is 4. The summed E-state index contributed by atoms with van der Waals surface area (Å²) < 4.78 is 33.0. The number of carbonyl (C=O) groups is 1. The van der Waals surface area contributed by atoms with Crippen molar-refractivity contribution in [2.45, 2.75) is 44.4 Å². The Morgan fingerprint density at radius 2 is 1.83 bits per heavy atom. The van der Waals surface area contributed by atoms with Crippen molar-refractivity contribution in [1.29, 1.82) is 0 Å². The highest BCUT2D eigenvalue weighted by Gasteiger charge is 2.17. The lowest BCUT2D eigenvalue weighted by atomic mass is 10.1. The molecule has 7 heteroatoms. The first-order chi connectivity index (χ1) is 13.8. The van der Waals surface area contributed by atoms with Crippen LogP contribution in [0.5, 0.6) is 5.75 Å². The minimum Gasteiger partial charge on any atom is -0.492 e. The second-order valence-corrected chi connectivity index (χ2v) is 9.13. The molecule has 2 N–H and O–H groups in total. The van der Waals surface area contributed by atoms with E-state index in [4.69, 9.17) is 4.74 Å². The largest absolute Gasteiger partial charge is 0.492 e. The van der Waals surface area contributed by atoms with Crippen LogP contribution in [0.4, 0.5) is 0 Å². The highest BCUT2D eigenvalue weighted by molar-refractivity contribution is 7.89. The Hall–Kier alpha value is -2.38. The first kappa shape index (κ1) is 21.3. The monoisotopic (exact) mass is 416 g/mol. The lowest BCUT2D eigenvalue weighted by Gasteiger charge is -2.11. The second kappa shape index (κ2) is 9.41. The van der Waals surface area contributed by atoms with Crippen LogP contribution in [-0.4, -0.2) is 34.0 Å². The van der Waals surface area contributed by atoms with Crippen LogP contribution in [0.2, 0.25) is 0 Å². The van der Waals surface area contributed by atoms with Crippen molar-refractivity contribution >= 4 is 15.9 Å². The molecule has 2 aromatic carbocycles. The molecule has 6 nitrogen and oxygen atoms in total. The summed E-state index contributed by atoms with van der Waals surface area (Å²) >= 11 is 0. The van der Waals surface area contributed by atoms with Crippen molar-refractivity contribution < 1.29 is 17.9 Å². The number of carbonyl (C=O) groups excluding carboxylic acids is 1. The zero-order valence-corrected chi connectivity index (χ0v) is 17.8. The van der Waals surface area contributed by atoms with Gasteiger partial charge in [0.2, 0.25) is 15.9 Å². The Balaban J connectivity index is 1.37. The van der Waals surface area contributed by atoms with Crippen molar-refractivity contribution in [3.05, 3.63) is 58.7 Å². The second-order valence-electron chi connectivity index (χ2n) is 7.40. The molecule has 0 aromatic heterocycles. The van der Waals surface area contributed by atoms with Gasteiger partial charge in [-0.1, -0.05) is 18.2 Å². The standard InChI is InChI=1S/C22H28N2O4S/c1-16-6-7-17(2)21(14-16)29(26,27)24-11-10-22(25)23-12-13-28-20-9-8-18-4-3-5-19(18)15-20/h6-9,14-15,24H,3-5,10-13H2,1-2H3,(H,23,25). The summed E-state index contributed by atoms with van der Waals surface area (Å²) in [7, 11) is -3.63. The molecule has 0 unspecified atom stereocenters. The summed E-state index contributed by atoms with van der Waals surface area (Å²) in [6.07, 6.45) is 3.51. The smallest absolute Gasteiger partial charge is 0.240 e. The molecule has 0 atom stereocenters. The average Bonchev–Trinajstić information content (AvgIpc) is 3.15. The summed E-state index contributed by atoms with van der Waals surface area (Å²) in [4.78, 5) is 12.2. The van der Waals surface area contributed by atoms with Gasteiger partial charge < -0.3 is 10.1 Å². The highest BCUT2D eigenvalue weighted by Crippen LogP contribution is 2.25. The van der Waals surface area contributed by atoms with Crippen LogP contribution < -0.4 is 14.8 Å². The fourth-order valence-corrected chi connectivity index (χ4v) is 4.82. The number of rotatable bonds is 9. The molecular weight excluding hydrogens is 388 g/mol. The van der Waals surface area contributed by atoms with E-state index in [0.717, 1.165) is 24.2 Å². The summed E-state index contributed by atoms with van der Waals surface area (Å²) in [5.74, 6) is 0.604. The normalized spacial score (nSPS) is 13.2. The Bertz CT molecular complexity index is 986. The molecule has 0 bridgehead atoms. The number of nitrogens with one attached hydrogen (secondary N) is 2. The van der Waals surface area contributed by atoms with E-state index in [-0.39, 0.29) is 23.8 Å². The van der Waals surface area contributed by atoms with Gasteiger partial charge in [0.25, 0.3) is 0 Å². The fraction of sp³-hybridized carbons (Fsp3) is 0.409. The molecule has 0 radical (unpaired) electrons. The number of benzene rings is 2. The van der Waals surface area contributed by atoms with E-state index >= 15 is 0 Å². The molecule has 156 valence electrons. The zero-order valence-electron chi connectivity index (χ0n) is 17.0. The van der Waals surface area contributed by atoms with Crippen LogP contribution in [0, 0.1) is 13.8 Å². The van der Waals surface area contributed by atoms with Crippen LogP contribution in [-0.2, 0) is 27.7 Å². The molecule has 0 saturated carbocycles. The first-order valence-corrected chi connectivity index (χ1v) is 11.4. The Morgan fingerprint density at radius 1 is 1.03 bits per heavy atom. The number of aryl methyl sites for hydroxylation is 4. The van der Waals surface area contributed by atoms with Gasteiger partial charge in [0.05, 0.1) is 11.4 Å². The van der Waals surface area contributed by atoms with Gasteiger partial charge in [-0.25, -0.2) is 13.1 Å². The summed E-state index contributed by atoms with van der Waals surface area (Å²) in [6.45, 7) is 4.39. The van der Waals surface area contributed by atoms with E-state index in [1.54, 1.807) is 19.1 Å². The molecule has 0 spiro atoms. The van der Waals surface area contributed by atoms with E-state index in [2.05, 4.69) is 22.2 Å². The zero-order chi connectivity index (χ0) is 20.9. The van der Waals surface area contributed by atoms with Crippen LogP contribution in [0.15, 0.2) is 41.3 Å². The van der Waals surface area contributed by atoms with Gasteiger partial charge in [0.15, 0.2) is 0 Å².